The molecule has 6 rings (SSSR count). The van der Waals surface area contributed by atoms with Gasteiger partial charge in [-0.3, -0.25) is 0 Å². The molecule has 0 aliphatic carbocycles. The Morgan fingerprint density at radius 3 is 2.06 bits per heavy atom. The van der Waals surface area contributed by atoms with Gasteiger partial charge in [0.15, 0.2) is 0 Å². The van der Waals surface area contributed by atoms with Crippen LogP contribution in [0.1, 0.15) is 23.6 Å². The highest BCUT2D eigenvalue weighted by Gasteiger charge is 2.32. The molecule has 1 aromatic heterocycles. The molecule has 2 heterocycles. The molecule has 7 heteroatoms. The first-order chi connectivity index (χ1) is 17.5. The fraction of sp³-hybridized carbons (Fsp3) is 0.0690. The predicted octanol–water partition coefficient (Wildman–Crippen LogP) is 8.94. The SMILES string of the molecule is Brc1ccc(C2=NN(c3nc(-c4ccccc4)c4cc(Br)ccc4n3)C(c3ccc(Br)cc3)C2)cc1. The zero-order valence-corrected chi connectivity index (χ0v) is 23.7. The van der Waals surface area contributed by atoms with Gasteiger partial charge in [-0.25, -0.2) is 15.0 Å². The topological polar surface area (TPSA) is 41.4 Å². The average Bonchev–Trinajstić information content (AvgIpc) is 3.35. The number of hydrogen-bond donors (Lipinski definition) is 0. The number of hydrazone groups is 1. The lowest BCUT2D eigenvalue weighted by Gasteiger charge is -2.23. The van der Waals surface area contributed by atoms with E-state index in [1.807, 2.05) is 47.5 Å². The molecule has 0 spiro atoms. The minimum atomic E-state index is -0.0201. The number of benzene rings is 4. The van der Waals surface area contributed by atoms with Crippen LogP contribution in [0.4, 0.5) is 5.95 Å². The van der Waals surface area contributed by atoms with E-state index in [0.717, 1.165) is 58.8 Å². The summed E-state index contributed by atoms with van der Waals surface area (Å²) in [6, 6.07) is 33.0. The number of fused-ring (bicyclic) bond motifs is 1. The molecule has 4 nitrogen and oxygen atoms in total. The summed E-state index contributed by atoms with van der Waals surface area (Å²) in [7, 11) is 0. The maximum atomic E-state index is 5.10. The number of anilines is 1. The molecule has 0 saturated carbocycles. The van der Waals surface area contributed by atoms with E-state index in [9.17, 15) is 0 Å². The van der Waals surface area contributed by atoms with E-state index in [-0.39, 0.29) is 6.04 Å². The molecule has 0 bridgehead atoms. The first-order valence-electron chi connectivity index (χ1n) is 11.5. The molecule has 0 radical (unpaired) electrons. The van der Waals surface area contributed by atoms with Crippen molar-refractivity contribution in [3.63, 3.8) is 0 Å². The van der Waals surface area contributed by atoms with Crippen molar-refractivity contribution in [2.24, 2.45) is 5.10 Å². The zero-order chi connectivity index (χ0) is 24.6. The molecule has 36 heavy (non-hydrogen) atoms. The van der Waals surface area contributed by atoms with Gasteiger partial charge >= 0.3 is 0 Å². The number of aromatic nitrogens is 2. The zero-order valence-electron chi connectivity index (χ0n) is 18.9. The van der Waals surface area contributed by atoms with E-state index in [0.29, 0.717) is 5.95 Å². The van der Waals surface area contributed by atoms with Crippen LogP contribution in [0.3, 0.4) is 0 Å². The molecule has 176 valence electrons. The molecule has 0 saturated heterocycles. The van der Waals surface area contributed by atoms with E-state index in [2.05, 4.69) is 102 Å². The molecule has 0 fully saturated rings. The highest BCUT2D eigenvalue weighted by atomic mass is 79.9. The van der Waals surface area contributed by atoms with Gasteiger partial charge in [0.1, 0.15) is 0 Å². The second-order valence-electron chi connectivity index (χ2n) is 8.57. The molecular formula is C29H19Br3N4. The van der Waals surface area contributed by atoms with E-state index in [1.54, 1.807) is 0 Å². The van der Waals surface area contributed by atoms with Crippen molar-refractivity contribution < 1.29 is 0 Å². The fourth-order valence-corrected chi connectivity index (χ4v) is 5.35. The third-order valence-corrected chi connectivity index (χ3v) is 7.79. The van der Waals surface area contributed by atoms with E-state index < -0.39 is 0 Å². The highest BCUT2D eigenvalue weighted by molar-refractivity contribution is 9.11. The molecule has 1 atom stereocenters. The van der Waals surface area contributed by atoms with Crippen LogP contribution >= 0.6 is 47.8 Å². The van der Waals surface area contributed by atoms with E-state index in [1.165, 1.54) is 0 Å². The maximum absolute atomic E-state index is 5.10. The van der Waals surface area contributed by atoms with Gasteiger partial charge in [-0.05, 0) is 53.6 Å². The number of hydrogen-bond acceptors (Lipinski definition) is 4. The van der Waals surface area contributed by atoms with Crippen molar-refractivity contribution in [2.75, 3.05) is 5.01 Å². The Balaban J connectivity index is 1.53. The minimum Gasteiger partial charge on any atom is -0.223 e. The summed E-state index contributed by atoms with van der Waals surface area (Å²) in [6.45, 7) is 0. The normalized spacial score (nSPS) is 15.4. The lowest BCUT2D eigenvalue weighted by Crippen LogP contribution is -2.21. The summed E-state index contributed by atoms with van der Waals surface area (Å²) in [5, 5.41) is 8.06. The van der Waals surface area contributed by atoms with Gasteiger partial charge < -0.3 is 0 Å². The lowest BCUT2D eigenvalue weighted by atomic mass is 9.98. The van der Waals surface area contributed by atoms with Gasteiger partial charge in [0.05, 0.1) is 23.0 Å². The highest BCUT2D eigenvalue weighted by Crippen LogP contribution is 2.38. The molecule has 5 aromatic rings. The number of rotatable bonds is 4. The maximum Gasteiger partial charge on any atom is 0.247 e. The lowest BCUT2D eigenvalue weighted by molar-refractivity contribution is 0.689. The third-order valence-electron chi connectivity index (χ3n) is 6.24. The van der Waals surface area contributed by atoms with Gasteiger partial charge in [0, 0.05) is 30.8 Å². The van der Waals surface area contributed by atoms with Crippen molar-refractivity contribution in [1.82, 2.24) is 9.97 Å². The first kappa shape index (κ1) is 23.5. The number of nitrogens with zero attached hydrogens (tertiary/aromatic N) is 4. The van der Waals surface area contributed by atoms with E-state index in [4.69, 9.17) is 15.1 Å². The predicted molar refractivity (Wildman–Crippen MR) is 157 cm³/mol. The van der Waals surface area contributed by atoms with Crippen LogP contribution in [0, 0.1) is 0 Å². The third kappa shape index (κ3) is 4.63. The van der Waals surface area contributed by atoms with Crippen LogP contribution in [0.2, 0.25) is 0 Å². The Hall–Kier alpha value is -2.87. The van der Waals surface area contributed by atoms with Crippen LogP contribution in [-0.4, -0.2) is 15.7 Å². The van der Waals surface area contributed by atoms with Crippen LogP contribution in [0.15, 0.2) is 116 Å². The van der Waals surface area contributed by atoms with Crippen LogP contribution in [0.5, 0.6) is 0 Å². The monoisotopic (exact) mass is 660 g/mol. The smallest absolute Gasteiger partial charge is 0.223 e. The van der Waals surface area contributed by atoms with E-state index >= 15 is 0 Å². The minimum absolute atomic E-state index is 0.0201. The van der Waals surface area contributed by atoms with Crippen molar-refractivity contribution in [2.45, 2.75) is 12.5 Å². The first-order valence-corrected chi connectivity index (χ1v) is 13.8. The second kappa shape index (κ2) is 9.88. The largest absolute Gasteiger partial charge is 0.247 e. The Labute approximate surface area is 234 Å². The van der Waals surface area contributed by atoms with Crippen molar-refractivity contribution in [3.05, 3.63) is 122 Å². The molecule has 1 aliphatic heterocycles. The van der Waals surface area contributed by atoms with Gasteiger partial charge in [-0.15, -0.1) is 0 Å². The standard InChI is InChI=1S/C29H19Br3N4/c30-21-10-6-18(7-11-21)26-17-27(19-8-12-22(31)13-9-19)36(35-26)29-33-25-15-14-23(32)16-24(25)28(34-29)20-4-2-1-3-5-20/h1-16,27H,17H2. The molecule has 4 aromatic carbocycles. The van der Waals surface area contributed by atoms with Crippen molar-refractivity contribution >= 4 is 70.4 Å². The Bertz CT molecular complexity index is 1580. The molecule has 1 unspecified atom stereocenters. The molecular weight excluding hydrogens is 644 g/mol. The van der Waals surface area contributed by atoms with Crippen molar-refractivity contribution in [3.8, 4) is 11.3 Å². The van der Waals surface area contributed by atoms with Crippen LogP contribution in [-0.2, 0) is 0 Å². The summed E-state index contributed by atoms with van der Waals surface area (Å²) in [5.74, 6) is 0.587. The van der Waals surface area contributed by atoms with Gasteiger partial charge in [0.2, 0.25) is 5.95 Å². The summed E-state index contributed by atoms with van der Waals surface area (Å²) in [5.41, 5.74) is 6.07. The number of halogens is 3. The fourth-order valence-electron chi connectivity index (χ4n) is 4.46. The Kier molecular flexibility index (Phi) is 6.46. The Morgan fingerprint density at radius 1 is 0.667 bits per heavy atom. The van der Waals surface area contributed by atoms with Gasteiger partial charge in [0.25, 0.3) is 0 Å². The summed E-state index contributed by atoms with van der Waals surface area (Å²) < 4.78 is 3.08. The second-order valence-corrected chi connectivity index (χ2v) is 11.3. The Morgan fingerprint density at radius 2 is 1.33 bits per heavy atom. The summed E-state index contributed by atoms with van der Waals surface area (Å²) in [6.07, 6.45) is 0.756. The quantitative estimate of drug-likeness (QED) is 0.193. The summed E-state index contributed by atoms with van der Waals surface area (Å²) in [4.78, 5) is 10.1. The summed E-state index contributed by atoms with van der Waals surface area (Å²) >= 11 is 10.7. The van der Waals surface area contributed by atoms with Crippen LogP contribution < -0.4 is 5.01 Å². The molecule has 1 aliphatic rings. The van der Waals surface area contributed by atoms with Gasteiger partial charge in [-0.1, -0.05) is 102 Å². The van der Waals surface area contributed by atoms with Crippen LogP contribution in [0.25, 0.3) is 22.2 Å². The van der Waals surface area contributed by atoms with Gasteiger partial charge in [-0.2, -0.15) is 5.10 Å². The molecule has 0 N–H and O–H groups in total. The average molecular weight is 663 g/mol. The van der Waals surface area contributed by atoms with Crippen molar-refractivity contribution in [1.29, 1.82) is 0 Å². The molecule has 0 amide bonds.